The number of carbonyl (C=O) groups excluding carboxylic acids is 1. The van der Waals surface area contributed by atoms with Gasteiger partial charge in [0.2, 0.25) is 0 Å². The molecule has 10 heteroatoms. The van der Waals surface area contributed by atoms with E-state index in [1.807, 2.05) is 0 Å². The highest BCUT2D eigenvalue weighted by molar-refractivity contribution is 5.92. The molecule has 3 rings (SSSR count). The molecule has 1 heterocycles. The average Bonchev–Trinajstić information content (AvgIpc) is 2.87. The molecular weight excluding hydrogens is 384 g/mol. The summed E-state index contributed by atoms with van der Waals surface area (Å²) in [5, 5.41) is 21.9. The van der Waals surface area contributed by atoms with E-state index in [9.17, 15) is 27.5 Å². The third kappa shape index (κ3) is 3.58. The molecule has 0 spiro atoms. The number of phenols is 1. The summed E-state index contributed by atoms with van der Waals surface area (Å²) in [5.41, 5.74) is -0.210. The smallest absolute Gasteiger partial charge is 0.251 e. The number of hydrogen-bond donors (Lipinski definition) is 3. The lowest BCUT2D eigenvalue weighted by Gasteiger charge is -2.23. The van der Waals surface area contributed by atoms with Crippen molar-refractivity contribution in [3.05, 3.63) is 64.9 Å². The summed E-state index contributed by atoms with van der Waals surface area (Å²) in [5.74, 6) is -6.83. The van der Waals surface area contributed by atoms with Gasteiger partial charge in [0.1, 0.15) is 0 Å². The van der Waals surface area contributed by atoms with Gasteiger partial charge in [0.05, 0.1) is 12.8 Å². The first kappa shape index (κ1) is 19.5. The van der Waals surface area contributed by atoms with Crippen LogP contribution in [0.1, 0.15) is 5.56 Å². The zero-order valence-electron chi connectivity index (χ0n) is 14.3. The lowest BCUT2D eigenvalue weighted by Crippen LogP contribution is -2.35. The lowest BCUT2D eigenvalue weighted by molar-refractivity contribution is -0.131. The molecule has 6 nitrogen and oxygen atoms in total. The normalized spacial score (nSPS) is 16.4. The molecule has 1 aliphatic heterocycles. The quantitative estimate of drug-likeness (QED) is 0.533. The molecule has 2 aromatic carbocycles. The Kier molecular flexibility index (Phi) is 5.14. The van der Waals surface area contributed by atoms with Gasteiger partial charge in [-0.3, -0.25) is 4.79 Å². The van der Waals surface area contributed by atoms with Crippen LogP contribution in [0.2, 0.25) is 0 Å². The number of nitrogens with one attached hydrogen (secondary N) is 1. The van der Waals surface area contributed by atoms with Gasteiger partial charge in [-0.2, -0.15) is 0 Å². The maximum atomic E-state index is 13.8. The number of aliphatic hydroxyl groups is 1. The van der Waals surface area contributed by atoms with Gasteiger partial charge in [-0.15, -0.1) is 0 Å². The van der Waals surface area contributed by atoms with Crippen LogP contribution in [0.5, 0.6) is 11.5 Å². The second-order valence-corrected chi connectivity index (χ2v) is 5.95. The summed E-state index contributed by atoms with van der Waals surface area (Å²) < 4.78 is 59.0. The molecule has 0 fully saturated rings. The molecule has 0 saturated carbocycles. The van der Waals surface area contributed by atoms with Crippen molar-refractivity contribution in [2.24, 2.45) is 0 Å². The van der Waals surface area contributed by atoms with Gasteiger partial charge in [-0.25, -0.2) is 17.6 Å². The number of nitrogens with zero attached hydrogens (tertiary/aromatic N) is 1. The van der Waals surface area contributed by atoms with Gasteiger partial charge in [0.15, 0.2) is 41.0 Å². The number of benzene rings is 2. The van der Waals surface area contributed by atoms with Gasteiger partial charge >= 0.3 is 0 Å². The third-order valence-electron chi connectivity index (χ3n) is 4.06. The Morgan fingerprint density at radius 2 is 1.64 bits per heavy atom. The number of hydrogen-bond acceptors (Lipinski definition) is 5. The number of rotatable bonds is 5. The van der Waals surface area contributed by atoms with Gasteiger partial charge in [-0.1, -0.05) is 0 Å². The minimum Gasteiger partial charge on any atom is -0.503 e. The predicted molar refractivity (Wildman–Crippen MR) is 89.2 cm³/mol. The molecule has 1 unspecified atom stereocenters. The molecule has 0 radical (unpaired) electrons. The number of aliphatic hydroxyl groups excluding tert-OH is 1. The highest BCUT2D eigenvalue weighted by Gasteiger charge is 2.32. The maximum Gasteiger partial charge on any atom is 0.251 e. The van der Waals surface area contributed by atoms with Crippen molar-refractivity contribution < 1.29 is 37.3 Å². The molecule has 0 bridgehead atoms. The number of carbonyl (C=O) groups is 1. The summed E-state index contributed by atoms with van der Waals surface area (Å²) in [6.07, 6.45) is -0.579. The van der Waals surface area contributed by atoms with Crippen molar-refractivity contribution >= 4 is 11.6 Å². The van der Waals surface area contributed by atoms with Crippen LogP contribution < -0.4 is 10.1 Å². The number of anilines is 1. The first-order valence-corrected chi connectivity index (χ1v) is 7.88. The number of halogens is 4. The highest BCUT2D eigenvalue weighted by atomic mass is 19.1. The number of phenolic OH excluding ortho intramolecular Hbond substituents is 1. The van der Waals surface area contributed by atoms with Crippen molar-refractivity contribution in [3.8, 4) is 11.5 Å². The standard InChI is InChI=1S/C18H14F4N2O4/c1-28-17-12(21)2-8(3-13(17)22)7-24-15(25)6-14(18(24)27)23-9-4-10(19)16(26)11(20)5-9/h2-6,18,23,26-27H,7H2,1H3. The highest BCUT2D eigenvalue weighted by Crippen LogP contribution is 2.29. The first-order valence-electron chi connectivity index (χ1n) is 7.88. The van der Waals surface area contributed by atoms with Gasteiger partial charge < -0.3 is 25.2 Å². The molecule has 2 aromatic rings. The van der Waals surface area contributed by atoms with Crippen molar-refractivity contribution in [2.75, 3.05) is 12.4 Å². The lowest BCUT2D eigenvalue weighted by atomic mass is 10.2. The summed E-state index contributed by atoms with van der Waals surface area (Å²) in [6, 6.07) is 3.46. The Labute approximate surface area is 156 Å². The van der Waals surface area contributed by atoms with Crippen molar-refractivity contribution in [3.63, 3.8) is 0 Å². The molecule has 1 amide bonds. The minimum absolute atomic E-state index is 0.0552. The summed E-state index contributed by atoms with van der Waals surface area (Å²) in [7, 11) is 1.10. The second-order valence-electron chi connectivity index (χ2n) is 5.95. The number of amides is 1. The SMILES string of the molecule is COc1c(F)cc(CN2C(=O)C=C(Nc3cc(F)c(O)c(F)c3)C2O)cc1F. The van der Waals surface area contributed by atoms with Crippen LogP contribution in [0.3, 0.4) is 0 Å². The molecular formula is C18H14F4N2O4. The average molecular weight is 398 g/mol. The predicted octanol–water partition coefficient (Wildman–Crippen LogP) is 2.61. The van der Waals surface area contributed by atoms with E-state index in [1.165, 1.54) is 0 Å². The van der Waals surface area contributed by atoms with Crippen LogP contribution in [0.4, 0.5) is 23.2 Å². The minimum atomic E-state index is -1.55. The molecule has 0 saturated heterocycles. The van der Waals surface area contributed by atoms with Gasteiger partial charge in [0, 0.05) is 30.4 Å². The Hall–Kier alpha value is -3.27. The fraction of sp³-hybridized carbons (Fsp3) is 0.167. The largest absolute Gasteiger partial charge is 0.503 e. The monoisotopic (exact) mass is 398 g/mol. The molecule has 0 aliphatic carbocycles. The third-order valence-corrected chi connectivity index (χ3v) is 4.06. The number of aromatic hydroxyl groups is 1. The van der Waals surface area contributed by atoms with Crippen LogP contribution in [0.25, 0.3) is 0 Å². The topological polar surface area (TPSA) is 82.0 Å². The molecule has 3 N–H and O–H groups in total. The molecule has 0 aromatic heterocycles. The van der Waals surface area contributed by atoms with Gasteiger partial charge in [-0.05, 0) is 17.7 Å². The van der Waals surface area contributed by atoms with Crippen molar-refractivity contribution in [1.82, 2.24) is 4.90 Å². The van der Waals surface area contributed by atoms with E-state index < -0.39 is 46.9 Å². The van der Waals surface area contributed by atoms with Crippen LogP contribution in [0.15, 0.2) is 36.0 Å². The Morgan fingerprint density at radius 1 is 1.07 bits per heavy atom. The van der Waals surface area contributed by atoms with Crippen molar-refractivity contribution in [2.45, 2.75) is 12.8 Å². The van der Waals surface area contributed by atoms with E-state index in [1.54, 1.807) is 0 Å². The number of methoxy groups -OCH3 is 1. The fourth-order valence-electron chi connectivity index (χ4n) is 2.74. The molecule has 28 heavy (non-hydrogen) atoms. The summed E-state index contributed by atoms with van der Waals surface area (Å²) in [6.45, 7) is -0.336. The molecule has 1 aliphatic rings. The molecule has 1 atom stereocenters. The van der Waals surface area contributed by atoms with E-state index in [4.69, 9.17) is 5.11 Å². The van der Waals surface area contributed by atoms with E-state index in [0.29, 0.717) is 0 Å². The Balaban J connectivity index is 1.78. The van der Waals surface area contributed by atoms with Crippen LogP contribution in [-0.2, 0) is 11.3 Å². The zero-order chi connectivity index (χ0) is 20.6. The van der Waals surface area contributed by atoms with Crippen LogP contribution in [0, 0.1) is 23.3 Å². The second kappa shape index (κ2) is 7.39. The van der Waals surface area contributed by atoms with Crippen LogP contribution in [-0.4, -0.2) is 34.4 Å². The van der Waals surface area contributed by atoms with E-state index in [0.717, 1.165) is 42.4 Å². The molecule has 148 valence electrons. The summed E-state index contributed by atoms with van der Waals surface area (Å²) in [4.78, 5) is 13.0. The van der Waals surface area contributed by atoms with Gasteiger partial charge in [0.25, 0.3) is 5.91 Å². The Morgan fingerprint density at radius 3 is 2.18 bits per heavy atom. The Bertz CT molecular complexity index is 934. The fourth-order valence-corrected chi connectivity index (χ4v) is 2.74. The maximum absolute atomic E-state index is 13.8. The van der Waals surface area contributed by atoms with E-state index >= 15 is 0 Å². The van der Waals surface area contributed by atoms with E-state index in [2.05, 4.69) is 10.1 Å². The number of ether oxygens (including phenoxy) is 1. The van der Waals surface area contributed by atoms with Crippen molar-refractivity contribution in [1.29, 1.82) is 0 Å². The first-order chi connectivity index (χ1) is 13.2. The zero-order valence-corrected chi connectivity index (χ0v) is 14.3. The van der Waals surface area contributed by atoms with Crippen LogP contribution >= 0.6 is 0 Å². The van der Waals surface area contributed by atoms with E-state index in [-0.39, 0.29) is 23.5 Å². The summed E-state index contributed by atoms with van der Waals surface area (Å²) >= 11 is 0.